The van der Waals surface area contributed by atoms with E-state index >= 15 is 0 Å². The van der Waals surface area contributed by atoms with Gasteiger partial charge in [-0.1, -0.05) is 42.0 Å². The summed E-state index contributed by atoms with van der Waals surface area (Å²) in [6, 6.07) is 8.76. The van der Waals surface area contributed by atoms with E-state index in [0.717, 1.165) is 31.6 Å². The number of rotatable bonds is 7. The summed E-state index contributed by atoms with van der Waals surface area (Å²) in [5.74, 6) is 0.549. The van der Waals surface area contributed by atoms with Crippen molar-refractivity contribution in [1.29, 1.82) is 0 Å². The number of aromatic nitrogens is 3. The van der Waals surface area contributed by atoms with Crippen molar-refractivity contribution in [3.63, 3.8) is 0 Å². The van der Waals surface area contributed by atoms with Crippen molar-refractivity contribution >= 4 is 0 Å². The largest absolute Gasteiger partial charge is 0.317 e. The first kappa shape index (κ1) is 14.7. The summed E-state index contributed by atoms with van der Waals surface area (Å²) in [6.07, 6.45) is 4.05. The number of benzene rings is 1. The molecule has 1 atom stereocenters. The highest BCUT2D eigenvalue weighted by Gasteiger charge is 2.12. The molecular formula is C16H24N4. The molecule has 1 unspecified atom stereocenters. The van der Waals surface area contributed by atoms with Crippen LogP contribution in [0.25, 0.3) is 0 Å². The fraction of sp³-hybridized carbons (Fsp3) is 0.500. The van der Waals surface area contributed by atoms with Crippen LogP contribution in [0.5, 0.6) is 0 Å². The van der Waals surface area contributed by atoms with E-state index in [1.807, 2.05) is 13.2 Å². The van der Waals surface area contributed by atoms with Gasteiger partial charge >= 0.3 is 0 Å². The molecule has 1 aromatic carbocycles. The molecule has 0 aliphatic rings. The second-order valence-corrected chi connectivity index (χ2v) is 5.45. The average molecular weight is 272 g/mol. The first-order valence-corrected chi connectivity index (χ1v) is 7.29. The van der Waals surface area contributed by atoms with Gasteiger partial charge in [-0.15, -0.1) is 5.10 Å². The van der Waals surface area contributed by atoms with E-state index < -0.39 is 0 Å². The Balaban J connectivity index is 2.02. The van der Waals surface area contributed by atoms with E-state index in [-0.39, 0.29) is 0 Å². The SMILES string of the molecule is CCNCC(Cc1cccc(C)c1)Cc1cn(C)nn1. The molecule has 0 fully saturated rings. The molecule has 0 amide bonds. The van der Waals surface area contributed by atoms with Crippen LogP contribution in [0.3, 0.4) is 0 Å². The van der Waals surface area contributed by atoms with Gasteiger partial charge in [0.15, 0.2) is 0 Å². The van der Waals surface area contributed by atoms with E-state index in [1.165, 1.54) is 11.1 Å². The summed E-state index contributed by atoms with van der Waals surface area (Å²) >= 11 is 0. The van der Waals surface area contributed by atoms with Crippen molar-refractivity contribution in [3.8, 4) is 0 Å². The number of nitrogens with one attached hydrogen (secondary N) is 1. The van der Waals surface area contributed by atoms with E-state index in [1.54, 1.807) is 4.68 Å². The van der Waals surface area contributed by atoms with Gasteiger partial charge in [0.1, 0.15) is 0 Å². The maximum absolute atomic E-state index is 4.21. The monoisotopic (exact) mass is 272 g/mol. The van der Waals surface area contributed by atoms with E-state index in [9.17, 15) is 0 Å². The molecule has 20 heavy (non-hydrogen) atoms. The molecule has 2 aromatic rings. The van der Waals surface area contributed by atoms with Crippen LogP contribution in [0.4, 0.5) is 0 Å². The van der Waals surface area contributed by atoms with Gasteiger partial charge < -0.3 is 5.32 Å². The topological polar surface area (TPSA) is 42.7 Å². The highest BCUT2D eigenvalue weighted by molar-refractivity contribution is 5.22. The quantitative estimate of drug-likeness (QED) is 0.839. The lowest BCUT2D eigenvalue weighted by molar-refractivity contribution is 0.473. The summed E-state index contributed by atoms with van der Waals surface area (Å²) in [4.78, 5) is 0. The van der Waals surface area contributed by atoms with E-state index in [4.69, 9.17) is 0 Å². The van der Waals surface area contributed by atoms with Crippen LogP contribution >= 0.6 is 0 Å². The molecule has 0 aliphatic carbocycles. The number of hydrogen-bond acceptors (Lipinski definition) is 3. The minimum atomic E-state index is 0.549. The molecular weight excluding hydrogens is 248 g/mol. The van der Waals surface area contributed by atoms with Crippen molar-refractivity contribution < 1.29 is 0 Å². The first-order chi connectivity index (χ1) is 9.67. The minimum Gasteiger partial charge on any atom is -0.317 e. The van der Waals surface area contributed by atoms with Crippen molar-refractivity contribution in [2.24, 2.45) is 13.0 Å². The zero-order valence-corrected chi connectivity index (χ0v) is 12.6. The first-order valence-electron chi connectivity index (χ1n) is 7.29. The number of hydrogen-bond donors (Lipinski definition) is 1. The number of aryl methyl sites for hydroxylation is 2. The standard InChI is InChI=1S/C16H24N4/c1-4-17-11-15(10-16-12-20(3)19-18-16)9-14-7-5-6-13(2)8-14/h5-8,12,15,17H,4,9-11H2,1-3H3. The third-order valence-corrected chi connectivity index (χ3v) is 3.44. The molecule has 1 N–H and O–H groups in total. The van der Waals surface area contributed by atoms with Crippen molar-refractivity contribution in [2.45, 2.75) is 26.7 Å². The van der Waals surface area contributed by atoms with Crippen LogP contribution in [0.2, 0.25) is 0 Å². The lowest BCUT2D eigenvalue weighted by Gasteiger charge is -2.16. The zero-order valence-electron chi connectivity index (χ0n) is 12.6. The number of nitrogens with zero attached hydrogens (tertiary/aromatic N) is 3. The summed E-state index contributed by atoms with van der Waals surface area (Å²) in [6.45, 7) is 6.31. The molecule has 0 spiro atoms. The van der Waals surface area contributed by atoms with Gasteiger partial charge in [-0.05, 0) is 44.3 Å². The molecule has 0 aliphatic heterocycles. The smallest absolute Gasteiger partial charge is 0.0830 e. The van der Waals surface area contributed by atoms with Crippen LogP contribution in [-0.4, -0.2) is 28.1 Å². The second-order valence-electron chi connectivity index (χ2n) is 5.45. The lowest BCUT2D eigenvalue weighted by Crippen LogP contribution is -2.25. The second kappa shape index (κ2) is 7.20. The Morgan fingerprint density at radius 2 is 2.15 bits per heavy atom. The van der Waals surface area contributed by atoms with Gasteiger partial charge in [0.2, 0.25) is 0 Å². The maximum Gasteiger partial charge on any atom is 0.0830 e. The van der Waals surface area contributed by atoms with Crippen LogP contribution in [-0.2, 0) is 19.9 Å². The molecule has 0 saturated carbocycles. The summed E-state index contributed by atoms with van der Waals surface area (Å²) in [5, 5.41) is 11.7. The molecule has 0 bridgehead atoms. The Morgan fingerprint density at radius 1 is 1.30 bits per heavy atom. The average Bonchev–Trinajstić information content (AvgIpc) is 2.81. The molecule has 2 rings (SSSR count). The highest BCUT2D eigenvalue weighted by Crippen LogP contribution is 2.14. The maximum atomic E-state index is 4.21. The Kier molecular flexibility index (Phi) is 5.30. The Morgan fingerprint density at radius 3 is 2.80 bits per heavy atom. The summed E-state index contributed by atoms with van der Waals surface area (Å²) in [7, 11) is 1.91. The van der Waals surface area contributed by atoms with Gasteiger partial charge in [-0.2, -0.15) is 0 Å². The summed E-state index contributed by atoms with van der Waals surface area (Å²) < 4.78 is 1.77. The zero-order chi connectivity index (χ0) is 14.4. The van der Waals surface area contributed by atoms with Crippen LogP contribution < -0.4 is 5.32 Å². The van der Waals surface area contributed by atoms with Crippen LogP contribution in [0, 0.1) is 12.8 Å². The van der Waals surface area contributed by atoms with Gasteiger partial charge in [0.25, 0.3) is 0 Å². The van der Waals surface area contributed by atoms with Gasteiger partial charge in [-0.3, -0.25) is 4.68 Å². The molecule has 0 radical (unpaired) electrons. The van der Waals surface area contributed by atoms with Crippen LogP contribution in [0.1, 0.15) is 23.7 Å². The van der Waals surface area contributed by atoms with Crippen LogP contribution in [0.15, 0.2) is 30.5 Å². The predicted molar refractivity (Wildman–Crippen MR) is 81.6 cm³/mol. The fourth-order valence-corrected chi connectivity index (χ4v) is 2.52. The molecule has 4 nitrogen and oxygen atoms in total. The predicted octanol–water partition coefficient (Wildman–Crippen LogP) is 2.13. The van der Waals surface area contributed by atoms with E-state index in [2.05, 4.69) is 53.7 Å². The normalized spacial score (nSPS) is 12.6. The van der Waals surface area contributed by atoms with Gasteiger partial charge in [0.05, 0.1) is 5.69 Å². The summed E-state index contributed by atoms with van der Waals surface area (Å²) in [5.41, 5.74) is 3.80. The minimum absolute atomic E-state index is 0.549. The van der Waals surface area contributed by atoms with Gasteiger partial charge in [-0.25, -0.2) is 0 Å². The van der Waals surface area contributed by atoms with Gasteiger partial charge in [0, 0.05) is 13.2 Å². The fourth-order valence-electron chi connectivity index (χ4n) is 2.52. The molecule has 4 heteroatoms. The molecule has 1 aromatic heterocycles. The Hall–Kier alpha value is -1.68. The molecule has 1 heterocycles. The lowest BCUT2D eigenvalue weighted by atomic mass is 9.94. The third-order valence-electron chi connectivity index (χ3n) is 3.44. The van der Waals surface area contributed by atoms with Crippen molar-refractivity contribution in [3.05, 3.63) is 47.3 Å². The highest BCUT2D eigenvalue weighted by atomic mass is 15.4. The van der Waals surface area contributed by atoms with Crippen molar-refractivity contribution in [2.75, 3.05) is 13.1 Å². The van der Waals surface area contributed by atoms with Crippen molar-refractivity contribution in [1.82, 2.24) is 20.3 Å². The Labute approximate surface area is 121 Å². The Bertz CT molecular complexity index is 533. The third kappa shape index (κ3) is 4.46. The molecule has 0 saturated heterocycles. The van der Waals surface area contributed by atoms with E-state index in [0.29, 0.717) is 5.92 Å². The molecule has 108 valence electrons.